The van der Waals surface area contributed by atoms with Crippen LogP contribution in [0.5, 0.6) is 11.5 Å². The van der Waals surface area contributed by atoms with Crippen LogP contribution in [0.15, 0.2) is 59.0 Å². The van der Waals surface area contributed by atoms with E-state index in [9.17, 15) is 14.9 Å². The Morgan fingerprint density at radius 1 is 1.04 bits per heavy atom. The first kappa shape index (κ1) is 34.3. The molecule has 9 nitrogen and oxygen atoms in total. The van der Waals surface area contributed by atoms with Gasteiger partial charge in [0.2, 0.25) is 0 Å². The molecule has 3 fully saturated rings. The van der Waals surface area contributed by atoms with E-state index in [1.807, 2.05) is 45.7 Å². The van der Waals surface area contributed by atoms with Crippen molar-refractivity contribution in [1.29, 1.82) is 5.26 Å². The Balaban J connectivity index is 1.12. The number of amides is 1. The van der Waals surface area contributed by atoms with Crippen molar-refractivity contribution in [2.45, 2.75) is 60.0 Å². The third-order valence-corrected chi connectivity index (χ3v) is 10.5. The Hall–Kier alpha value is -4.55. The van der Waals surface area contributed by atoms with Gasteiger partial charge < -0.3 is 23.8 Å². The highest BCUT2D eigenvalue weighted by molar-refractivity contribution is 5.97. The lowest BCUT2D eigenvalue weighted by Gasteiger charge is -2.61. The first-order valence-corrected chi connectivity index (χ1v) is 17.2. The standard InChI is InChI=1S/C40H49N5O4/c1-26-27(2)37(46)42(6)20-32(26)29-16-35(48-7)33(36(17-29)49-8)21-43-22-40(23-43)24-44(25-40)31-12-9-11-28(15-31)34-13-10-14-45(34)38(47)30(19-41)18-39(3,4)5/h9,11-12,15-18,20,34H,10,13-14,21-25H2,1-8H3. The molecular weight excluding hydrogens is 614 g/mol. The minimum atomic E-state index is -0.243. The van der Waals surface area contributed by atoms with Gasteiger partial charge in [-0.05, 0) is 73.1 Å². The van der Waals surface area contributed by atoms with E-state index in [1.54, 1.807) is 31.9 Å². The lowest BCUT2D eigenvalue weighted by atomic mass is 9.72. The van der Waals surface area contributed by atoms with Gasteiger partial charge in [0.1, 0.15) is 23.1 Å². The highest BCUT2D eigenvalue weighted by Crippen LogP contribution is 2.45. The van der Waals surface area contributed by atoms with Crippen LogP contribution in [-0.2, 0) is 18.4 Å². The van der Waals surface area contributed by atoms with Crippen molar-refractivity contribution in [3.05, 3.63) is 86.9 Å². The second kappa shape index (κ2) is 13.1. The van der Waals surface area contributed by atoms with Gasteiger partial charge in [0.05, 0.1) is 25.8 Å². The lowest BCUT2D eigenvalue weighted by Crippen LogP contribution is -2.72. The molecule has 0 radical (unpaired) electrons. The minimum Gasteiger partial charge on any atom is -0.496 e. The number of nitriles is 1. The molecule has 3 aromatic rings. The highest BCUT2D eigenvalue weighted by Gasteiger charge is 2.52. The average Bonchev–Trinajstić information content (AvgIpc) is 3.54. The smallest absolute Gasteiger partial charge is 0.264 e. The van der Waals surface area contributed by atoms with E-state index in [2.05, 4.69) is 52.3 Å². The summed E-state index contributed by atoms with van der Waals surface area (Å²) >= 11 is 0. The summed E-state index contributed by atoms with van der Waals surface area (Å²) < 4.78 is 13.4. The van der Waals surface area contributed by atoms with E-state index in [0.29, 0.717) is 6.54 Å². The van der Waals surface area contributed by atoms with Crippen LogP contribution in [0.25, 0.3) is 11.1 Å². The summed E-state index contributed by atoms with van der Waals surface area (Å²) in [5.74, 6) is 1.40. The van der Waals surface area contributed by atoms with Crippen molar-refractivity contribution in [2.24, 2.45) is 17.9 Å². The maximum absolute atomic E-state index is 13.4. The Morgan fingerprint density at radius 2 is 1.71 bits per heavy atom. The molecule has 1 unspecified atom stereocenters. The Morgan fingerprint density at radius 3 is 2.33 bits per heavy atom. The Labute approximate surface area is 290 Å². The first-order valence-electron chi connectivity index (χ1n) is 17.2. The van der Waals surface area contributed by atoms with Gasteiger partial charge in [-0.25, -0.2) is 0 Å². The fourth-order valence-corrected chi connectivity index (χ4v) is 7.96. The van der Waals surface area contributed by atoms with Crippen LogP contribution in [0.1, 0.15) is 61.9 Å². The molecule has 3 aliphatic rings. The number of ether oxygens (including phenoxy) is 2. The van der Waals surface area contributed by atoms with Crippen LogP contribution in [0.4, 0.5) is 5.69 Å². The van der Waals surface area contributed by atoms with Crippen LogP contribution in [0.2, 0.25) is 0 Å². The fraction of sp³-hybridized carbons (Fsp3) is 0.475. The van der Waals surface area contributed by atoms with E-state index >= 15 is 0 Å². The molecule has 6 rings (SSSR count). The molecule has 258 valence electrons. The van der Waals surface area contributed by atoms with Gasteiger partial charge in [-0.15, -0.1) is 0 Å². The first-order chi connectivity index (χ1) is 23.3. The zero-order chi connectivity index (χ0) is 35.2. The molecule has 3 saturated heterocycles. The predicted octanol–water partition coefficient (Wildman–Crippen LogP) is 6.17. The molecule has 3 aliphatic heterocycles. The summed E-state index contributed by atoms with van der Waals surface area (Å²) in [6.07, 6.45) is 5.51. The second-order valence-corrected chi connectivity index (χ2v) is 15.4. The topological polar surface area (TPSA) is 91.0 Å². The predicted molar refractivity (Wildman–Crippen MR) is 193 cm³/mol. The summed E-state index contributed by atoms with van der Waals surface area (Å²) in [6, 6.07) is 14.9. The van der Waals surface area contributed by atoms with Crippen molar-refractivity contribution in [1.82, 2.24) is 14.4 Å². The van der Waals surface area contributed by atoms with Gasteiger partial charge >= 0.3 is 0 Å². The number of aromatic nitrogens is 1. The van der Waals surface area contributed by atoms with Gasteiger partial charge in [0.15, 0.2) is 0 Å². The number of methoxy groups -OCH3 is 2. The van der Waals surface area contributed by atoms with Gasteiger partial charge in [-0.1, -0.05) is 39.0 Å². The molecule has 1 amide bonds. The van der Waals surface area contributed by atoms with Crippen molar-refractivity contribution in [3.63, 3.8) is 0 Å². The molecule has 1 spiro atoms. The fourth-order valence-electron chi connectivity index (χ4n) is 7.96. The minimum absolute atomic E-state index is 0.0116. The summed E-state index contributed by atoms with van der Waals surface area (Å²) in [4.78, 5) is 32.7. The van der Waals surface area contributed by atoms with Gasteiger partial charge in [0, 0.05) is 74.7 Å². The van der Waals surface area contributed by atoms with Crippen molar-refractivity contribution < 1.29 is 14.3 Å². The SMILES string of the molecule is COc1cc(-c2cn(C)c(=O)c(C)c2C)cc(OC)c1CN1CC2(C1)CN(c1cccc(C3CCCN3C(=O)C(C#N)=CC(C)(C)C)c1)C2. The lowest BCUT2D eigenvalue weighted by molar-refractivity contribution is -0.127. The van der Waals surface area contributed by atoms with Crippen molar-refractivity contribution in [3.8, 4) is 28.7 Å². The largest absolute Gasteiger partial charge is 0.496 e. The zero-order valence-corrected chi connectivity index (χ0v) is 30.2. The number of carbonyl (C=O) groups is 1. The van der Waals surface area contributed by atoms with E-state index < -0.39 is 0 Å². The van der Waals surface area contributed by atoms with Crippen LogP contribution in [-0.4, -0.2) is 67.2 Å². The van der Waals surface area contributed by atoms with Crippen LogP contribution in [0, 0.1) is 36.0 Å². The number of nitrogens with zero attached hydrogens (tertiary/aromatic N) is 5. The maximum atomic E-state index is 13.4. The van der Waals surface area contributed by atoms with Crippen LogP contribution >= 0.6 is 0 Å². The second-order valence-electron chi connectivity index (χ2n) is 15.4. The molecule has 1 aromatic heterocycles. The maximum Gasteiger partial charge on any atom is 0.264 e. The third-order valence-electron chi connectivity index (χ3n) is 10.5. The van der Waals surface area contributed by atoms with Crippen LogP contribution in [0.3, 0.4) is 0 Å². The quantitative estimate of drug-likeness (QED) is 0.210. The van der Waals surface area contributed by atoms with Gasteiger partial charge in [-0.2, -0.15) is 5.26 Å². The molecule has 1 atom stereocenters. The molecule has 0 bridgehead atoms. The molecule has 4 heterocycles. The Kier molecular flexibility index (Phi) is 9.14. The van der Waals surface area contributed by atoms with E-state index in [-0.39, 0.29) is 33.9 Å². The molecule has 0 aliphatic carbocycles. The number of rotatable bonds is 8. The number of hydrogen-bond acceptors (Lipinski definition) is 7. The number of aryl methyl sites for hydroxylation is 1. The summed E-state index contributed by atoms with van der Waals surface area (Å²) in [5.41, 5.74) is 7.26. The third kappa shape index (κ3) is 6.59. The zero-order valence-electron chi connectivity index (χ0n) is 30.2. The number of anilines is 1. The number of allylic oxidation sites excluding steroid dienone is 1. The summed E-state index contributed by atoms with van der Waals surface area (Å²) in [5, 5.41) is 9.75. The van der Waals surface area contributed by atoms with Gasteiger partial charge in [-0.3, -0.25) is 14.5 Å². The van der Waals surface area contributed by atoms with E-state index in [0.717, 1.165) is 90.4 Å². The number of benzene rings is 2. The molecule has 2 aromatic carbocycles. The molecule has 0 N–H and O–H groups in total. The average molecular weight is 664 g/mol. The Bertz CT molecular complexity index is 1870. The van der Waals surface area contributed by atoms with Crippen LogP contribution < -0.4 is 19.9 Å². The number of likely N-dealkylation sites (tertiary alicyclic amines) is 2. The van der Waals surface area contributed by atoms with Crippen molar-refractivity contribution in [2.75, 3.05) is 51.8 Å². The van der Waals surface area contributed by atoms with Crippen molar-refractivity contribution >= 4 is 11.6 Å². The monoisotopic (exact) mass is 663 g/mol. The molecule has 0 saturated carbocycles. The molecular formula is C40H49N5O4. The van der Waals surface area contributed by atoms with E-state index in [4.69, 9.17) is 9.47 Å². The number of carbonyl (C=O) groups excluding carboxylic acids is 1. The normalized spacial score (nSPS) is 19.0. The summed E-state index contributed by atoms with van der Waals surface area (Å²) in [7, 11) is 5.18. The van der Waals surface area contributed by atoms with Gasteiger partial charge in [0.25, 0.3) is 11.5 Å². The van der Waals surface area contributed by atoms with E-state index in [1.165, 1.54) is 5.69 Å². The molecule has 9 heteroatoms. The highest BCUT2D eigenvalue weighted by atomic mass is 16.5. The molecule has 49 heavy (non-hydrogen) atoms. The number of hydrogen-bond donors (Lipinski definition) is 0. The number of pyridine rings is 1. The summed E-state index contributed by atoms with van der Waals surface area (Å²) in [6.45, 7) is 15.3.